The van der Waals surface area contributed by atoms with E-state index in [4.69, 9.17) is 11.6 Å². The second kappa shape index (κ2) is 8.13. The minimum absolute atomic E-state index is 0.409. The number of sulfonamides is 1. The maximum atomic E-state index is 12.3. The molecule has 1 N–H and O–H groups in total. The number of nitrogens with one attached hydrogen (secondary N) is 1. The minimum Gasteiger partial charge on any atom is -0.271 e. The molecule has 0 bridgehead atoms. The van der Waals surface area contributed by atoms with Crippen LogP contribution in [0.2, 0.25) is 5.02 Å². The van der Waals surface area contributed by atoms with Crippen LogP contribution in [-0.4, -0.2) is 32.8 Å². The van der Waals surface area contributed by atoms with Crippen LogP contribution < -0.4 is 9.73 Å². The summed E-state index contributed by atoms with van der Waals surface area (Å²) in [7, 11) is -3.64. The summed E-state index contributed by atoms with van der Waals surface area (Å²) in [5.74, 6) is -0.549. The second-order valence-corrected chi connectivity index (χ2v) is 7.66. The number of hydrogen-bond acceptors (Lipinski definition) is 4. The van der Waals surface area contributed by atoms with Gasteiger partial charge in [0.05, 0.1) is 18.2 Å². The first-order chi connectivity index (χ1) is 11.8. The highest BCUT2D eigenvalue weighted by Crippen LogP contribution is 2.20. The maximum absolute atomic E-state index is 12.3. The van der Waals surface area contributed by atoms with Crippen molar-refractivity contribution in [3.8, 4) is 0 Å². The van der Waals surface area contributed by atoms with Gasteiger partial charge in [0.15, 0.2) is 0 Å². The van der Waals surface area contributed by atoms with Gasteiger partial charge >= 0.3 is 0 Å². The van der Waals surface area contributed by atoms with E-state index in [1.165, 1.54) is 13.1 Å². The second-order valence-electron chi connectivity index (χ2n) is 5.36. The molecule has 1 amide bonds. The lowest BCUT2D eigenvalue weighted by Gasteiger charge is -2.27. The van der Waals surface area contributed by atoms with Crippen molar-refractivity contribution in [2.24, 2.45) is 5.10 Å². The highest BCUT2D eigenvalue weighted by Gasteiger charge is 2.28. The molecule has 0 unspecified atom stereocenters. The number of anilines is 1. The summed E-state index contributed by atoms with van der Waals surface area (Å²) in [6, 6.07) is 14.4. The molecule has 8 heteroatoms. The van der Waals surface area contributed by atoms with Gasteiger partial charge in [-0.05, 0) is 36.8 Å². The molecule has 6 nitrogen and oxygen atoms in total. The zero-order chi connectivity index (χ0) is 18.4. The van der Waals surface area contributed by atoms with E-state index < -0.39 is 22.0 Å². The van der Waals surface area contributed by atoms with Gasteiger partial charge in [0.1, 0.15) is 6.04 Å². The van der Waals surface area contributed by atoms with Crippen LogP contribution in [0.25, 0.3) is 0 Å². The number of halogens is 1. The summed E-state index contributed by atoms with van der Waals surface area (Å²) >= 11 is 5.87. The quantitative estimate of drug-likeness (QED) is 0.619. The molecule has 0 aliphatic carbocycles. The molecule has 0 aliphatic rings. The maximum Gasteiger partial charge on any atom is 0.263 e. The number of nitrogens with zero attached hydrogens (tertiary/aromatic N) is 2. The number of carbonyl (C=O) groups is 1. The van der Waals surface area contributed by atoms with Crippen LogP contribution in [0.5, 0.6) is 0 Å². The third-order valence-electron chi connectivity index (χ3n) is 3.34. The molecule has 0 aromatic heterocycles. The first-order valence-electron chi connectivity index (χ1n) is 7.42. The molecule has 2 aromatic carbocycles. The molecule has 0 radical (unpaired) electrons. The van der Waals surface area contributed by atoms with Gasteiger partial charge in [-0.3, -0.25) is 9.10 Å². The highest BCUT2D eigenvalue weighted by atomic mass is 35.5. The number of hydrazone groups is 1. The van der Waals surface area contributed by atoms with Gasteiger partial charge in [0.25, 0.3) is 5.91 Å². The summed E-state index contributed by atoms with van der Waals surface area (Å²) in [5.41, 5.74) is 3.47. The molecular weight excluding hydrogens is 362 g/mol. The largest absolute Gasteiger partial charge is 0.271 e. The van der Waals surface area contributed by atoms with Crippen molar-refractivity contribution in [3.05, 3.63) is 65.2 Å². The predicted molar refractivity (Wildman–Crippen MR) is 100 cm³/mol. The van der Waals surface area contributed by atoms with Crippen LogP contribution >= 0.6 is 11.6 Å². The summed E-state index contributed by atoms with van der Waals surface area (Å²) in [5, 5.41) is 4.41. The summed E-state index contributed by atoms with van der Waals surface area (Å²) in [6.07, 6.45) is 2.49. The van der Waals surface area contributed by atoms with Crippen molar-refractivity contribution in [3.63, 3.8) is 0 Å². The Balaban J connectivity index is 2.14. The fourth-order valence-electron chi connectivity index (χ4n) is 2.23. The normalized spacial score (nSPS) is 12.8. The summed E-state index contributed by atoms with van der Waals surface area (Å²) in [4.78, 5) is 12.3. The Morgan fingerprint density at radius 2 is 1.88 bits per heavy atom. The van der Waals surface area contributed by atoms with Crippen LogP contribution in [0.15, 0.2) is 59.7 Å². The summed E-state index contributed by atoms with van der Waals surface area (Å²) < 4.78 is 25.3. The van der Waals surface area contributed by atoms with E-state index in [-0.39, 0.29) is 0 Å². The Labute approximate surface area is 152 Å². The number of carbonyl (C=O) groups excluding carboxylic acids is 1. The van der Waals surface area contributed by atoms with E-state index in [0.717, 1.165) is 10.6 Å². The third kappa shape index (κ3) is 5.30. The lowest BCUT2D eigenvalue weighted by atomic mass is 10.2. The Bertz CT molecular complexity index is 870. The molecule has 1 atom stereocenters. The Morgan fingerprint density at radius 3 is 2.48 bits per heavy atom. The number of para-hydroxylation sites is 1. The molecule has 2 aromatic rings. The van der Waals surface area contributed by atoms with Gasteiger partial charge in [0.2, 0.25) is 10.0 Å². The standard InChI is InChI=1S/C17H18ClN3O3S/c1-13(21(25(2,23)24)16-9-4-3-5-10-16)17(22)20-19-12-14-7-6-8-15(18)11-14/h3-13H,1-2H3,(H,20,22)/b19-12-/t13-/m0/s1. The van der Waals surface area contributed by atoms with Gasteiger partial charge in [-0.2, -0.15) is 5.10 Å². The number of rotatable bonds is 6. The van der Waals surface area contributed by atoms with Crippen molar-refractivity contribution in [2.75, 3.05) is 10.6 Å². The van der Waals surface area contributed by atoms with E-state index in [1.54, 1.807) is 54.6 Å². The van der Waals surface area contributed by atoms with Crippen LogP contribution in [0.3, 0.4) is 0 Å². The Morgan fingerprint density at radius 1 is 1.20 bits per heavy atom. The van der Waals surface area contributed by atoms with Crippen molar-refractivity contribution >= 4 is 39.4 Å². The number of amides is 1. The Hall–Kier alpha value is -2.38. The van der Waals surface area contributed by atoms with Gasteiger partial charge < -0.3 is 0 Å². The van der Waals surface area contributed by atoms with E-state index in [9.17, 15) is 13.2 Å². The van der Waals surface area contributed by atoms with E-state index in [2.05, 4.69) is 10.5 Å². The number of hydrogen-bond donors (Lipinski definition) is 1. The molecule has 0 heterocycles. The van der Waals surface area contributed by atoms with Crippen LogP contribution in [0.4, 0.5) is 5.69 Å². The topological polar surface area (TPSA) is 78.8 Å². The van der Waals surface area contributed by atoms with Crippen LogP contribution in [-0.2, 0) is 14.8 Å². The van der Waals surface area contributed by atoms with Crippen molar-refractivity contribution in [1.82, 2.24) is 5.43 Å². The lowest BCUT2D eigenvalue weighted by Crippen LogP contribution is -2.46. The predicted octanol–water partition coefficient (Wildman–Crippen LogP) is 2.64. The Kier molecular flexibility index (Phi) is 6.17. The van der Waals surface area contributed by atoms with Gasteiger partial charge in [-0.1, -0.05) is 41.9 Å². The monoisotopic (exact) mass is 379 g/mol. The molecule has 0 aliphatic heterocycles. The van der Waals surface area contributed by atoms with E-state index >= 15 is 0 Å². The summed E-state index contributed by atoms with van der Waals surface area (Å²) in [6.45, 7) is 1.50. The SMILES string of the molecule is C[C@@H](C(=O)N/N=C\c1cccc(Cl)c1)N(c1ccccc1)S(C)(=O)=O. The zero-order valence-corrected chi connectivity index (χ0v) is 15.3. The first-order valence-corrected chi connectivity index (χ1v) is 9.64. The highest BCUT2D eigenvalue weighted by molar-refractivity contribution is 7.92. The first kappa shape index (κ1) is 19.0. The molecule has 132 valence electrons. The van der Waals surface area contributed by atoms with E-state index in [1.807, 2.05) is 0 Å². The molecular formula is C17H18ClN3O3S. The third-order valence-corrected chi connectivity index (χ3v) is 4.81. The number of benzene rings is 2. The van der Waals surface area contributed by atoms with E-state index in [0.29, 0.717) is 16.3 Å². The average Bonchev–Trinajstić information content (AvgIpc) is 2.54. The lowest BCUT2D eigenvalue weighted by molar-refractivity contribution is -0.121. The fraction of sp³-hybridized carbons (Fsp3) is 0.176. The average molecular weight is 380 g/mol. The molecule has 25 heavy (non-hydrogen) atoms. The molecule has 0 fully saturated rings. The van der Waals surface area contributed by atoms with Gasteiger partial charge in [-0.25, -0.2) is 13.8 Å². The molecule has 0 saturated heterocycles. The zero-order valence-electron chi connectivity index (χ0n) is 13.8. The van der Waals surface area contributed by atoms with Crippen molar-refractivity contribution in [2.45, 2.75) is 13.0 Å². The van der Waals surface area contributed by atoms with Crippen molar-refractivity contribution < 1.29 is 13.2 Å². The minimum atomic E-state index is -3.64. The van der Waals surface area contributed by atoms with Crippen LogP contribution in [0.1, 0.15) is 12.5 Å². The van der Waals surface area contributed by atoms with Gasteiger partial charge in [0, 0.05) is 5.02 Å². The smallest absolute Gasteiger partial charge is 0.263 e. The van der Waals surface area contributed by atoms with Gasteiger partial charge in [-0.15, -0.1) is 0 Å². The van der Waals surface area contributed by atoms with Crippen LogP contribution in [0, 0.1) is 0 Å². The molecule has 2 rings (SSSR count). The fourth-order valence-corrected chi connectivity index (χ4v) is 3.61. The van der Waals surface area contributed by atoms with Crippen molar-refractivity contribution in [1.29, 1.82) is 0 Å². The molecule has 0 saturated carbocycles. The molecule has 0 spiro atoms.